The van der Waals surface area contributed by atoms with Gasteiger partial charge in [-0.3, -0.25) is 9.59 Å². The van der Waals surface area contributed by atoms with Crippen LogP contribution >= 0.6 is 0 Å². The first-order chi connectivity index (χ1) is 11.9. The number of rotatable bonds is 10. The summed E-state index contributed by atoms with van der Waals surface area (Å²) in [4.78, 5) is 29.2. The molecule has 0 atom stereocenters. The number of hydrogen-bond acceptors (Lipinski definition) is 2. The fraction of sp³-hybridized carbons (Fsp3) is 0.700. The van der Waals surface area contributed by atoms with Crippen LogP contribution in [0.1, 0.15) is 65.0 Å². The maximum Gasteiger partial charge on any atom is 0.242 e. The second kappa shape index (κ2) is 9.07. The average Bonchev–Trinajstić information content (AvgIpc) is 3.32. The minimum Gasteiger partial charge on any atom is -0.353 e. The summed E-state index contributed by atoms with van der Waals surface area (Å²) in [5, 5.41) is 0. The molecule has 5 nitrogen and oxygen atoms in total. The van der Waals surface area contributed by atoms with Gasteiger partial charge in [-0.05, 0) is 45.2 Å². The molecule has 0 aromatic carbocycles. The van der Waals surface area contributed by atoms with Crippen LogP contribution in [-0.2, 0) is 23.2 Å². The molecule has 0 unspecified atom stereocenters. The summed E-state index contributed by atoms with van der Waals surface area (Å²) in [7, 11) is 2.00. The van der Waals surface area contributed by atoms with Crippen LogP contribution in [0.15, 0.2) is 18.3 Å². The maximum absolute atomic E-state index is 12.9. The molecule has 140 valence electrons. The molecule has 1 saturated carbocycles. The molecule has 0 saturated heterocycles. The zero-order valence-electron chi connectivity index (χ0n) is 16.2. The normalized spacial score (nSPS) is 14.0. The average molecular weight is 348 g/mol. The highest BCUT2D eigenvalue weighted by molar-refractivity contribution is 5.85. The van der Waals surface area contributed by atoms with Crippen molar-refractivity contribution in [1.82, 2.24) is 14.4 Å². The van der Waals surface area contributed by atoms with E-state index >= 15 is 0 Å². The number of amides is 2. The van der Waals surface area contributed by atoms with Crippen LogP contribution in [0.2, 0.25) is 0 Å². The van der Waals surface area contributed by atoms with Gasteiger partial charge in [-0.15, -0.1) is 0 Å². The van der Waals surface area contributed by atoms with E-state index in [4.69, 9.17) is 0 Å². The lowest BCUT2D eigenvalue weighted by Crippen LogP contribution is -2.46. The van der Waals surface area contributed by atoms with Crippen molar-refractivity contribution in [3.8, 4) is 0 Å². The minimum atomic E-state index is 0.0502. The number of carbonyl (C=O) groups excluding carboxylic acids is 2. The van der Waals surface area contributed by atoms with Crippen LogP contribution in [0.25, 0.3) is 0 Å². The third kappa shape index (κ3) is 5.62. The van der Waals surface area contributed by atoms with E-state index in [1.54, 1.807) is 4.90 Å². The van der Waals surface area contributed by atoms with Crippen LogP contribution < -0.4 is 0 Å². The van der Waals surface area contributed by atoms with Crippen molar-refractivity contribution in [1.29, 1.82) is 0 Å². The highest BCUT2D eigenvalue weighted by atomic mass is 16.2. The summed E-state index contributed by atoms with van der Waals surface area (Å²) < 4.78 is 2.05. The molecular formula is C20H33N3O2. The fourth-order valence-corrected chi connectivity index (χ4v) is 3.11. The van der Waals surface area contributed by atoms with Crippen molar-refractivity contribution in [2.75, 3.05) is 6.54 Å². The summed E-state index contributed by atoms with van der Waals surface area (Å²) in [6, 6.07) is 4.45. The molecule has 1 aliphatic carbocycles. The number of nitrogens with zero attached hydrogens (tertiary/aromatic N) is 3. The Labute approximate surface area is 152 Å². The number of unbranched alkanes of at least 4 members (excludes halogenated alkanes) is 2. The highest BCUT2D eigenvalue weighted by Gasteiger charge is 2.34. The Morgan fingerprint density at radius 1 is 1.24 bits per heavy atom. The van der Waals surface area contributed by atoms with Gasteiger partial charge in [0.25, 0.3) is 0 Å². The molecular weight excluding hydrogens is 314 g/mol. The van der Waals surface area contributed by atoms with Gasteiger partial charge in [0, 0.05) is 37.4 Å². The van der Waals surface area contributed by atoms with Gasteiger partial charge in [0.2, 0.25) is 11.8 Å². The van der Waals surface area contributed by atoms with E-state index in [9.17, 15) is 9.59 Å². The van der Waals surface area contributed by atoms with Gasteiger partial charge < -0.3 is 14.4 Å². The lowest BCUT2D eigenvalue weighted by molar-refractivity contribution is -0.142. The summed E-state index contributed by atoms with van der Waals surface area (Å²) >= 11 is 0. The van der Waals surface area contributed by atoms with Crippen molar-refractivity contribution in [3.05, 3.63) is 24.0 Å². The molecule has 0 aliphatic heterocycles. The number of carbonyl (C=O) groups is 2. The topological polar surface area (TPSA) is 45.6 Å². The zero-order chi connectivity index (χ0) is 18.4. The monoisotopic (exact) mass is 347 g/mol. The SMILES string of the molecule is CCCCCC(=O)N(CC(=O)N(Cc1cccn1C)C1CC1)C(C)C. The van der Waals surface area contributed by atoms with Gasteiger partial charge in [-0.1, -0.05) is 19.8 Å². The standard InChI is InChI=1S/C20H33N3O2/c1-5-6-7-10-19(24)22(16(2)3)15-20(25)23(17-11-12-17)14-18-9-8-13-21(18)4/h8-9,13,16-17H,5-7,10-12,14-15H2,1-4H3. The van der Waals surface area contributed by atoms with Gasteiger partial charge in [0.1, 0.15) is 0 Å². The molecule has 0 spiro atoms. The number of hydrogen-bond donors (Lipinski definition) is 0. The molecule has 25 heavy (non-hydrogen) atoms. The molecule has 1 heterocycles. The summed E-state index contributed by atoms with van der Waals surface area (Å²) in [5.74, 6) is 0.174. The first-order valence-electron chi connectivity index (χ1n) is 9.63. The predicted molar refractivity (Wildman–Crippen MR) is 100.0 cm³/mol. The molecule has 2 amide bonds. The Balaban J connectivity index is 1.99. The Kier molecular flexibility index (Phi) is 7.09. The molecule has 0 bridgehead atoms. The molecule has 1 aliphatic rings. The Morgan fingerprint density at radius 2 is 1.96 bits per heavy atom. The van der Waals surface area contributed by atoms with E-state index in [2.05, 4.69) is 17.6 Å². The van der Waals surface area contributed by atoms with E-state index in [1.165, 1.54) is 0 Å². The Morgan fingerprint density at radius 3 is 2.48 bits per heavy atom. The first-order valence-corrected chi connectivity index (χ1v) is 9.63. The molecule has 1 fully saturated rings. The summed E-state index contributed by atoms with van der Waals surface area (Å²) in [6.45, 7) is 6.94. The van der Waals surface area contributed by atoms with Gasteiger partial charge in [0.05, 0.1) is 13.1 Å². The van der Waals surface area contributed by atoms with Gasteiger partial charge in [0.15, 0.2) is 0 Å². The van der Waals surface area contributed by atoms with Crippen molar-refractivity contribution in [2.45, 2.75) is 77.9 Å². The van der Waals surface area contributed by atoms with Crippen LogP contribution in [0, 0.1) is 0 Å². The quantitative estimate of drug-likeness (QED) is 0.610. The van der Waals surface area contributed by atoms with E-state index < -0.39 is 0 Å². The molecule has 5 heteroatoms. The van der Waals surface area contributed by atoms with E-state index in [-0.39, 0.29) is 24.4 Å². The fourth-order valence-electron chi connectivity index (χ4n) is 3.11. The van der Waals surface area contributed by atoms with E-state index in [1.807, 2.05) is 38.1 Å². The zero-order valence-corrected chi connectivity index (χ0v) is 16.2. The van der Waals surface area contributed by atoms with Crippen LogP contribution in [0.5, 0.6) is 0 Å². The van der Waals surface area contributed by atoms with Crippen LogP contribution in [-0.4, -0.2) is 44.8 Å². The van der Waals surface area contributed by atoms with E-state index in [0.29, 0.717) is 19.0 Å². The van der Waals surface area contributed by atoms with Crippen molar-refractivity contribution >= 4 is 11.8 Å². The molecule has 0 N–H and O–H groups in total. The lowest BCUT2D eigenvalue weighted by Gasteiger charge is -2.30. The van der Waals surface area contributed by atoms with Gasteiger partial charge >= 0.3 is 0 Å². The summed E-state index contributed by atoms with van der Waals surface area (Å²) in [6.07, 6.45) is 7.75. The lowest BCUT2D eigenvalue weighted by atomic mass is 10.1. The minimum absolute atomic E-state index is 0.0502. The van der Waals surface area contributed by atoms with Gasteiger partial charge in [-0.25, -0.2) is 0 Å². The van der Waals surface area contributed by atoms with Crippen molar-refractivity contribution < 1.29 is 9.59 Å². The second-order valence-electron chi connectivity index (χ2n) is 7.44. The molecule has 1 aromatic heterocycles. The van der Waals surface area contributed by atoms with E-state index in [0.717, 1.165) is 37.8 Å². The summed E-state index contributed by atoms with van der Waals surface area (Å²) in [5.41, 5.74) is 1.13. The molecule has 2 rings (SSSR count). The highest BCUT2D eigenvalue weighted by Crippen LogP contribution is 2.28. The second-order valence-corrected chi connectivity index (χ2v) is 7.44. The van der Waals surface area contributed by atoms with Crippen LogP contribution in [0.3, 0.4) is 0 Å². The van der Waals surface area contributed by atoms with Crippen LogP contribution in [0.4, 0.5) is 0 Å². The third-order valence-corrected chi connectivity index (χ3v) is 4.94. The van der Waals surface area contributed by atoms with Crippen molar-refractivity contribution in [3.63, 3.8) is 0 Å². The Hall–Kier alpha value is -1.78. The molecule has 1 aromatic rings. The smallest absolute Gasteiger partial charge is 0.242 e. The van der Waals surface area contributed by atoms with Crippen molar-refractivity contribution in [2.24, 2.45) is 7.05 Å². The van der Waals surface area contributed by atoms with Gasteiger partial charge in [-0.2, -0.15) is 0 Å². The molecule has 0 radical (unpaired) electrons. The number of aryl methyl sites for hydroxylation is 1. The Bertz CT molecular complexity index is 575. The predicted octanol–water partition coefficient (Wildman–Crippen LogP) is 3.33. The first kappa shape index (κ1) is 19.5. The largest absolute Gasteiger partial charge is 0.353 e. The third-order valence-electron chi connectivity index (χ3n) is 4.94. The number of aromatic nitrogens is 1. The maximum atomic E-state index is 12.9.